The van der Waals surface area contributed by atoms with E-state index in [0.717, 1.165) is 64.0 Å². The van der Waals surface area contributed by atoms with Crippen molar-refractivity contribution in [1.82, 2.24) is 20.0 Å². The number of amides is 3. The Bertz CT molecular complexity index is 1910. The molecule has 1 unspecified atom stereocenters. The standard InChI is InChI=1S/C31H35Cl2N5O4.C6H8O7/c1-35(30(39)27-19-25(38(41)42)17-22-5-2-3-6-26(22)27)20-23(21-7-8-28(32)29(33)18-21)9-14-36-15-10-24(11-16-36)37-13-4-12-34-31(37)40;7-3(8)1-6(13,5(11)12)2-4(9)10/h2-3,5-8,17-19,23-24H,4,9-16,20H2,1H3,(H,34,40);13H,1-2H2,(H,7,8)(H,9,10)(H,11,12). The topological polar surface area (TPSA) is 231 Å². The van der Waals surface area contributed by atoms with Crippen molar-refractivity contribution in [3.8, 4) is 0 Å². The summed E-state index contributed by atoms with van der Waals surface area (Å²) in [6.07, 6.45) is 1.34. The molecule has 0 radical (unpaired) electrons. The number of likely N-dealkylation sites (N-methyl/N-ethyl adjacent to an activating group) is 1. The van der Waals surface area contributed by atoms with Crippen molar-refractivity contribution >= 4 is 69.5 Å². The van der Waals surface area contributed by atoms with E-state index in [0.29, 0.717) is 32.9 Å². The van der Waals surface area contributed by atoms with Crippen molar-refractivity contribution in [2.24, 2.45) is 0 Å². The first-order chi connectivity index (χ1) is 26.0. The zero-order chi connectivity index (χ0) is 40.4. The molecule has 2 heterocycles. The smallest absolute Gasteiger partial charge is 0.336 e. The number of urea groups is 1. The van der Waals surface area contributed by atoms with Gasteiger partial charge < -0.3 is 40.4 Å². The third kappa shape index (κ3) is 11.5. The highest BCUT2D eigenvalue weighted by molar-refractivity contribution is 6.42. The maximum atomic E-state index is 13.7. The molecule has 3 aromatic rings. The number of non-ortho nitro benzene ring substituents is 1. The van der Waals surface area contributed by atoms with E-state index in [1.807, 2.05) is 29.2 Å². The van der Waals surface area contributed by atoms with Gasteiger partial charge in [0.05, 0.1) is 33.4 Å². The number of carbonyl (C=O) groups is 5. The predicted octanol–water partition coefficient (Wildman–Crippen LogP) is 4.93. The molecule has 3 aromatic carbocycles. The molecule has 0 spiro atoms. The van der Waals surface area contributed by atoms with E-state index >= 15 is 0 Å². The number of rotatable bonds is 14. The number of hydrogen-bond acceptors (Lipinski definition) is 9. The normalized spacial score (nSPS) is 15.7. The van der Waals surface area contributed by atoms with Crippen LogP contribution in [0.15, 0.2) is 54.6 Å². The molecule has 18 heteroatoms. The number of fused-ring (bicyclic) bond motifs is 1. The molecule has 296 valence electrons. The van der Waals surface area contributed by atoms with E-state index in [1.165, 1.54) is 12.1 Å². The van der Waals surface area contributed by atoms with Crippen LogP contribution in [0.5, 0.6) is 0 Å². The largest absolute Gasteiger partial charge is 0.481 e. The number of nitrogens with one attached hydrogen (secondary N) is 1. The maximum absolute atomic E-state index is 13.7. The van der Waals surface area contributed by atoms with Crippen molar-refractivity contribution in [2.45, 2.75) is 56.1 Å². The molecule has 5 rings (SSSR count). The Morgan fingerprint density at radius 1 is 0.982 bits per heavy atom. The summed E-state index contributed by atoms with van der Waals surface area (Å²) < 4.78 is 0. The number of nitro groups is 1. The third-order valence-electron chi connectivity index (χ3n) is 9.73. The lowest BCUT2D eigenvalue weighted by Gasteiger charge is -2.40. The van der Waals surface area contributed by atoms with Gasteiger partial charge in [-0.3, -0.25) is 24.5 Å². The lowest BCUT2D eigenvalue weighted by molar-refractivity contribution is -0.384. The molecule has 55 heavy (non-hydrogen) atoms. The van der Waals surface area contributed by atoms with E-state index in [2.05, 4.69) is 10.2 Å². The fraction of sp³-hybridized carbons (Fsp3) is 0.432. The molecule has 1 atom stereocenters. The minimum Gasteiger partial charge on any atom is -0.481 e. The molecule has 2 aliphatic heterocycles. The second kappa shape index (κ2) is 19.0. The minimum atomic E-state index is -2.74. The summed E-state index contributed by atoms with van der Waals surface area (Å²) in [6, 6.07) is 16.0. The zero-order valence-corrected chi connectivity index (χ0v) is 31.5. The van der Waals surface area contributed by atoms with E-state index < -0.39 is 41.3 Å². The first-order valence-electron chi connectivity index (χ1n) is 17.5. The van der Waals surface area contributed by atoms with Crippen molar-refractivity contribution in [3.63, 3.8) is 0 Å². The van der Waals surface area contributed by atoms with Crippen LogP contribution in [0.4, 0.5) is 10.5 Å². The molecule has 0 aliphatic carbocycles. The fourth-order valence-corrected chi connectivity index (χ4v) is 7.14. The highest BCUT2D eigenvalue weighted by atomic mass is 35.5. The van der Waals surface area contributed by atoms with Gasteiger partial charge in [-0.25, -0.2) is 9.59 Å². The van der Waals surface area contributed by atoms with Gasteiger partial charge in [-0.15, -0.1) is 0 Å². The van der Waals surface area contributed by atoms with E-state index in [1.54, 1.807) is 30.1 Å². The van der Waals surface area contributed by atoms with Crippen molar-refractivity contribution in [2.75, 3.05) is 46.3 Å². The molecule has 2 aliphatic rings. The monoisotopic (exact) mass is 803 g/mol. The second-order valence-corrected chi connectivity index (χ2v) is 14.5. The molecule has 2 fully saturated rings. The van der Waals surface area contributed by atoms with Crippen LogP contribution in [-0.2, 0) is 14.4 Å². The van der Waals surface area contributed by atoms with Crippen LogP contribution in [0.2, 0.25) is 10.0 Å². The number of halogens is 2. The van der Waals surface area contributed by atoms with Crippen LogP contribution in [0.3, 0.4) is 0 Å². The van der Waals surface area contributed by atoms with E-state index in [-0.39, 0.29) is 29.6 Å². The number of aliphatic carboxylic acids is 3. The predicted molar refractivity (Wildman–Crippen MR) is 203 cm³/mol. The molecule has 0 aromatic heterocycles. The zero-order valence-electron chi connectivity index (χ0n) is 30.0. The first-order valence-corrected chi connectivity index (χ1v) is 18.3. The lowest BCUT2D eigenvalue weighted by Crippen LogP contribution is -2.54. The van der Waals surface area contributed by atoms with Crippen molar-refractivity contribution < 1.29 is 49.3 Å². The Labute approximate surface area is 326 Å². The molecule has 2 saturated heterocycles. The molecule has 0 saturated carbocycles. The van der Waals surface area contributed by atoms with E-state index in [4.69, 9.17) is 43.6 Å². The molecular formula is C37H43Cl2N5O11. The van der Waals surface area contributed by atoms with Crippen molar-refractivity contribution in [3.05, 3.63) is 85.9 Å². The quantitative estimate of drug-likeness (QED) is 0.108. The third-order valence-corrected chi connectivity index (χ3v) is 10.5. The summed E-state index contributed by atoms with van der Waals surface area (Å²) in [4.78, 5) is 73.7. The van der Waals surface area contributed by atoms with Gasteiger partial charge in [0.15, 0.2) is 5.60 Å². The highest BCUT2D eigenvalue weighted by Gasteiger charge is 2.41. The summed E-state index contributed by atoms with van der Waals surface area (Å²) in [5.74, 6) is -5.33. The van der Waals surface area contributed by atoms with Crippen LogP contribution in [0, 0.1) is 10.1 Å². The van der Waals surface area contributed by atoms with Crippen LogP contribution in [0.25, 0.3) is 10.8 Å². The summed E-state index contributed by atoms with van der Waals surface area (Å²) in [5.41, 5.74) is -1.57. The number of nitrogens with zero attached hydrogens (tertiary/aromatic N) is 4. The summed E-state index contributed by atoms with van der Waals surface area (Å²) in [6.45, 7) is 4.59. The molecule has 16 nitrogen and oxygen atoms in total. The SMILES string of the molecule is CN(CC(CCN1CCC(N2CCCNC2=O)CC1)c1ccc(Cl)c(Cl)c1)C(=O)c1cc([N+](=O)[O-])cc2ccccc12.O=C(O)CC(O)(CC(=O)O)C(=O)O. The van der Waals surface area contributed by atoms with Gasteiger partial charge in [0, 0.05) is 63.9 Å². The minimum absolute atomic E-state index is 0.0377. The Hall–Kier alpha value is -5.03. The lowest BCUT2D eigenvalue weighted by atomic mass is 9.93. The number of benzene rings is 3. The number of carbonyl (C=O) groups excluding carboxylic acids is 2. The van der Waals surface area contributed by atoms with E-state index in [9.17, 15) is 34.1 Å². The number of carboxylic acids is 3. The average Bonchev–Trinajstić information content (AvgIpc) is 3.13. The number of hydrogen-bond donors (Lipinski definition) is 5. The van der Waals surface area contributed by atoms with Crippen LogP contribution in [-0.4, -0.2) is 128 Å². The fourth-order valence-electron chi connectivity index (χ4n) is 6.83. The Balaban J connectivity index is 0.000000444. The maximum Gasteiger partial charge on any atom is 0.336 e. The number of piperidine rings is 1. The van der Waals surface area contributed by atoms with Gasteiger partial charge in [0.25, 0.3) is 11.6 Å². The summed E-state index contributed by atoms with van der Waals surface area (Å²) in [5, 5.41) is 50.6. The molecule has 0 bridgehead atoms. The molecular weight excluding hydrogens is 761 g/mol. The van der Waals surface area contributed by atoms with Crippen LogP contribution < -0.4 is 5.32 Å². The van der Waals surface area contributed by atoms with Gasteiger partial charge in [0.1, 0.15) is 0 Å². The first kappa shape index (κ1) is 42.7. The molecule has 5 N–H and O–H groups in total. The Morgan fingerprint density at radius 3 is 2.22 bits per heavy atom. The Morgan fingerprint density at radius 2 is 1.64 bits per heavy atom. The highest BCUT2D eigenvalue weighted by Crippen LogP contribution is 2.31. The summed E-state index contributed by atoms with van der Waals surface area (Å²) >= 11 is 12.6. The number of likely N-dealkylation sites (tertiary alicyclic amines) is 1. The van der Waals surface area contributed by atoms with Gasteiger partial charge in [-0.2, -0.15) is 0 Å². The average molecular weight is 805 g/mol. The van der Waals surface area contributed by atoms with Crippen LogP contribution in [0.1, 0.15) is 60.4 Å². The van der Waals surface area contributed by atoms with Gasteiger partial charge >= 0.3 is 23.9 Å². The Kier molecular flexibility index (Phi) is 14.8. The number of carboxylic acid groups (broad SMARTS) is 3. The van der Waals surface area contributed by atoms with Gasteiger partial charge in [0.2, 0.25) is 0 Å². The molecule has 3 amide bonds. The second-order valence-electron chi connectivity index (χ2n) is 13.6. The van der Waals surface area contributed by atoms with Crippen molar-refractivity contribution in [1.29, 1.82) is 0 Å². The number of aliphatic hydroxyl groups is 1. The number of nitro benzene ring substituents is 1. The van der Waals surface area contributed by atoms with Gasteiger partial charge in [-0.05, 0) is 60.7 Å². The summed E-state index contributed by atoms with van der Waals surface area (Å²) in [7, 11) is 1.73. The van der Waals surface area contributed by atoms with Crippen LogP contribution >= 0.6 is 23.2 Å². The van der Waals surface area contributed by atoms with Gasteiger partial charge in [-0.1, -0.05) is 53.5 Å².